The lowest BCUT2D eigenvalue weighted by molar-refractivity contribution is 0.253. The van der Waals surface area contributed by atoms with Crippen molar-refractivity contribution < 1.29 is 13.5 Å². The number of sulfonamides is 1. The van der Waals surface area contributed by atoms with Crippen LogP contribution in [0.15, 0.2) is 23.1 Å². The third kappa shape index (κ3) is 3.59. The first-order chi connectivity index (χ1) is 8.43. The standard InChI is InChI=1S/C11H15Cl2NO3S/c1-2-5-14(6-7-15)18(16,17)11-8-9(12)3-4-10(11)13/h3-4,8,15H,2,5-7H2,1H3. The maximum atomic E-state index is 12.4. The number of hydrogen-bond acceptors (Lipinski definition) is 3. The monoisotopic (exact) mass is 311 g/mol. The normalized spacial score (nSPS) is 12.1. The molecule has 1 aromatic rings. The highest BCUT2D eigenvalue weighted by Crippen LogP contribution is 2.27. The van der Waals surface area contributed by atoms with Gasteiger partial charge in [0.2, 0.25) is 10.0 Å². The molecule has 1 aromatic carbocycles. The van der Waals surface area contributed by atoms with E-state index in [9.17, 15) is 8.42 Å². The third-order valence-corrected chi connectivity index (χ3v) is 4.95. The molecule has 102 valence electrons. The molecule has 4 nitrogen and oxygen atoms in total. The Balaban J connectivity index is 3.21. The average Bonchev–Trinajstić information content (AvgIpc) is 2.32. The predicted octanol–water partition coefficient (Wildman–Crippen LogP) is 2.39. The molecule has 0 amide bonds. The van der Waals surface area contributed by atoms with Crippen LogP contribution in [0.1, 0.15) is 13.3 Å². The van der Waals surface area contributed by atoms with Crippen molar-refractivity contribution in [3.05, 3.63) is 28.2 Å². The highest BCUT2D eigenvalue weighted by molar-refractivity contribution is 7.89. The van der Waals surface area contributed by atoms with Gasteiger partial charge >= 0.3 is 0 Å². The molecular weight excluding hydrogens is 297 g/mol. The highest BCUT2D eigenvalue weighted by atomic mass is 35.5. The molecule has 0 saturated carbocycles. The van der Waals surface area contributed by atoms with Gasteiger partial charge in [0.1, 0.15) is 4.90 Å². The van der Waals surface area contributed by atoms with E-state index in [0.29, 0.717) is 18.0 Å². The van der Waals surface area contributed by atoms with Crippen LogP contribution >= 0.6 is 23.2 Å². The fourth-order valence-corrected chi connectivity index (χ4v) is 3.79. The number of hydrogen-bond donors (Lipinski definition) is 1. The van der Waals surface area contributed by atoms with Crippen molar-refractivity contribution in [1.29, 1.82) is 0 Å². The van der Waals surface area contributed by atoms with Crippen LogP contribution in [0.4, 0.5) is 0 Å². The van der Waals surface area contributed by atoms with E-state index in [1.807, 2.05) is 6.92 Å². The molecule has 18 heavy (non-hydrogen) atoms. The van der Waals surface area contributed by atoms with Gasteiger partial charge in [0.15, 0.2) is 0 Å². The van der Waals surface area contributed by atoms with Crippen LogP contribution in [0, 0.1) is 0 Å². The second kappa shape index (κ2) is 6.73. The smallest absolute Gasteiger partial charge is 0.244 e. The van der Waals surface area contributed by atoms with Gasteiger partial charge in [0.25, 0.3) is 0 Å². The second-order valence-corrected chi connectivity index (χ2v) is 6.45. The van der Waals surface area contributed by atoms with E-state index in [0.717, 1.165) is 0 Å². The minimum absolute atomic E-state index is 0.0291. The van der Waals surface area contributed by atoms with Crippen LogP contribution in [0.25, 0.3) is 0 Å². The molecule has 0 aliphatic heterocycles. The number of benzene rings is 1. The molecule has 0 unspecified atom stereocenters. The molecule has 0 radical (unpaired) electrons. The number of halogens is 2. The van der Waals surface area contributed by atoms with Gasteiger partial charge in [-0.05, 0) is 24.6 Å². The molecule has 0 saturated heterocycles. The van der Waals surface area contributed by atoms with E-state index in [-0.39, 0.29) is 23.1 Å². The Hall–Kier alpha value is -0.330. The molecule has 0 spiro atoms. The fraction of sp³-hybridized carbons (Fsp3) is 0.455. The third-order valence-electron chi connectivity index (χ3n) is 2.33. The first-order valence-corrected chi connectivity index (χ1v) is 7.69. The summed E-state index contributed by atoms with van der Waals surface area (Å²) in [5, 5.41) is 9.36. The summed E-state index contributed by atoms with van der Waals surface area (Å²) in [4.78, 5) is -0.0291. The van der Waals surface area contributed by atoms with Crippen LogP contribution in [0.5, 0.6) is 0 Å². The number of aliphatic hydroxyl groups excluding tert-OH is 1. The topological polar surface area (TPSA) is 57.6 Å². The molecular formula is C11H15Cl2NO3S. The van der Waals surface area contributed by atoms with E-state index in [1.165, 1.54) is 22.5 Å². The largest absolute Gasteiger partial charge is 0.395 e. The summed E-state index contributed by atoms with van der Waals surface area (Å²) in [7, 11) is -3.72. The summed E-state index contributed by atoms with van der Waals surface area (Å²) >= 11 is 11.7. The van der Waals surface area contributed by atoms with Crippen LogP contribution in [-0.2, 0) is 10.0 Å². The first kappa shape index (κ1) is 15.7. The lowest BCUT2D eigenvalue weighted by atomic mass is 10.4. The lowest BCUT2D eigenvalue weighted by Gasteiger charge is -2.21. The Bertz CT molecular complexity index is 499. The Labute approximate surface area is 117 Å². The molecule has 0 bridgehead atoms. The van der Waals surface area contributed by atoms with E-state index in [4.69, 9.17) is 28.3 Å². The minimum Gasteiger partial charge on any atom is -0.395 e. The molecule has 0 fully saturated rings. The predicted molar refractivity (Wildman–Crippen MR) is 72.6 cm³/mol. The van der Waals surface area contributed by atoms with Gasteiger partial charge in [-0.15, -0.1) is 0 Å². The van der Waals surface area contributed by atoms with Gasteiger partial charge in [0, 0.05) is 18.1 Å². The van der Waals surface area contributed by atoms with Crippen molar-refractivity contribution in [3.63, 3.8) is 0 Å². The maximum absolute atomic E-state index is 12.4. The summed E-state index contributed by atoms with van der Waals surface area (Å²) in [5.41, 5.74) is 0. The van der Waals surface area contributed by atoms with Crippen molar-refractivity contribution >= 4 is 33.2 Å². The van der Waals surface area contributed by atoms with Crippen LogP contribution in [0.2, 0.25) is 10.0 Å². The summed E-state index contributed by atoms with van der Waals surface area (Å²) < 4.78 is 25.9. The van der Waals surface area contributed by atoms with Gasteiger partial charge in [0.05, 0.1) is 11.6 Å². The van der Waals surface area contributed by atoms with Gasteiger partial charge in [-0.3, -0.25) is 0 Å². The first-order valence-electron chi connectivity index (χ1n) is 5.49. The zero-order valence-corrected chi connectivity index (χ0v) is 12.3. The molecule has 7 heteroatoms. The maximum Gasteiger partial charge on any atom is 0.244 e. The number of aliphatic hydroxyl groups is 1. The van der Waals surface area contributed by atoms with E-state index in [2.05, 4.69) is 0 Å². The van der Waals surface area contributed by atoms with E-state index >= 15 is 0 Å². The van der Waals surface area contributed by atoms with E-state index in [1.54, 1.807) is 0 Å². The Morgan fingerprint density at radius 2 is 1.94 bits per heavy atom. The molecule has 0 atom stereocenters. The quantitative estimate of drug-likeness (QED) is 0.877. The van der Waals surface area contributed by atoms with Crippen LogP contribution < -0.4 is 0 Å². The summed E-state index contributed by atoms with van der Waals surface area (Å²) in [6.45, 7) is 1.99. The molecule has 0 heterocycles. The minimum atomic E-state index is -3.72. The molecule has 0 aliphatic carbocycles. The molecule has 0 aromatic heterocycles. The molecule has 1 N–H and O–H groups in total. The van der Waals surface area contributed by atoms with Crippen LogP contribution in [-0.4, -0.2) is 37.5 Å². The van der Waals surface area contributed by atoms with Crippen LogP contribution in [0.3, 0.4) is 0 Å². The van der Waals surface area contributed by atoms with Gasteiger partial charge in [-0.25, -0.2) is 8.42 Å². The van der Waals surface area contributed by atoms with Crippen molar-refractivity contribution in [2.75, 3.05) is 19.7 Å². The average molecular weight is 312 g/mol. The number of rotatable bonds is 6. The Kier molecular flexibility index (Phi) is 5.88. The van der Waals surface area contributed by atoms with E-state index < -0.39 is 10.0 Å². The van der Waals surface area contributed by atoms with Gasteiger partial charge < -0.3 is 5.11 Å². The zero-order chi connectivity index (χ0) is 13.8. The highest BCUT2D eigenvalue weighted by Gasteiger charge is 2.25. The second-order valence-electron chi connectivity index (χ2n) is 3.70. The summed E-state index contributed by atoms with van der Waals surface area (Å²) in [6.07, 6.45) is 0.650. The summed E-state index contributed by atoms with van der Waals surface area (Å²) in [6, 6.07) is 4.29. The lowest BCUT2D eigenvalue weighted by Crippen LogP contribution is -2.34. The number of nitrogens with zero attached hydrogens (tertiary/aromatic N) is 1. The van der Waals surface area contributed by atoms with Gasteiger partial charge in [-0.1, -0.05) is 30.1 Å². The van der Waals surface area contributed by atoms with Gasteiger partial charge in [-0.2, -0.15) is 4.31 Å². The summed E-state index contributed by atoms with van der Waals surface area (Å²) in [5.74, 6) is 0. The molecule has 1 rings (SSSR count). The molecule has 0 aliphatic rings. The Morgan fingerprint density at radius 3 is 2.50 bits per heavy atom. The van der Waals surface area contributed by atoms with Crippen molar-refractivity contribution in [2.24, 2.45) is 0 Å². The van der Waals surface area contributed by atoms with Crippen molar-refractivity contribution in [1.82, 2.24) is 4.31 Å². The fourth-order valence-electron chi connectivity index (χ4n) is 1.53. The SMILES string of the molecule is CCCN(CCO)S(=O)(=O)c1cc(Cl)ccc1Cl. The Morgan fingerprint density at radius 1 is 1.28 bits per heavy atom. The zero-order valence-electron chi connectivity index (χ0n) is 9.94. The van der Waals surface area contributed by atoms with Crippen molar-refractivity contribution in [2.45, 2.75) is 18.2 Å². The van der Waals surface area contributed by atoms with Crippen molar-refractivity contribution in [3.8, 4) is 0 Å².